The highest BCUT2D eigenvalue weighted by Gasteiger charge is 2.37. The summed E-state index contributed by atoms with van der Waals surface area (Å²) in [6.07, 6.45) is 3.82. The lowest BCUT2D eigenvalue weighted by atomic mass is 9.87. The van der Waals surface area contributed by atoms with E-state index in [1.165, 1.54) is 0 Å². The van der Waals surface area contributed by atoms with Crippen LogP contribution in [0.2, 0.25) is 0 Å². The number of amides is 2. The second-order valence-electron chi connectivity index (χ2n) is 6.18. The maximum absolute atomic E-state index is 12.3. The molecule has 0 radical (unpaired) electrons. The Labute approximate surface area is 140 Å². The Bertz CT molecular complexity index is 626. The van der Waals surface area contributed by atoms with Gasteiger partial charge >= 0.3 is 0 Å². The van der Waals surface area contributed by atoms with E-state index in [2.05, 4.69) is 10.6 Å². The second kappa shape index (κ2) is 7.09. The molecule has 1 aliphatic heterocycles. The van der Waals surface area contributed by atoms with Gasteiger partial charge in [0, 0.05) is 0 Å². The number of benzene rings is 1. The van der Waals surface area contributed by atoms with Crippen molar-refractivity contribution in [2.24, 2.45) is 5.73 Å². The molecule has 0 aromatic heterocycles. The molecule has 0 bridgehead atoms. The summed E-state index contributed by atoms with van der Waals surface area (Å²) in [6.45, 7) is 0.888. The number of carbonyl (C=O) groups is 2. The minimum atomic E-state index is -0.416. The van der Waals surface area contributed by atoms with E-state index >= 15 is 0 Å². The summed E-state index contributed by atoms with van der Waals surface area (Å²) in [5, 5.41) is 5.61. The topological polar surface area (TPSA) is 103 Å². The van der Waals surface area contributed by atoms with Crippen molar-refractivity contribution in [2.75, 3.05) is 26.3 Å². The van der Waals surface area contributed by atoms with Gasteiger partial charge in [0.15, 0.2) is 11.5 Å². The molecule has 1 aromatic rings. The van der Waals surface area contributed by atoms with Crippen LogP contribution in [-0.2, 0) is 15.1 Å². The van der Waals surface area contributed by atoms with Crippen LogP contribution in [0.5, 0.6) is 11.5 Å². The molecule has 0 spiro atoms. The van der Waals surface area contributed by atoms with Gasteiger partial charge in [-0.15, -0.1) is 0 Å². The molecule has 1 heterocycles. The molecule has 0 saturated heterocycles. The van der Waals surface area contributed by atoms with Gasteiger partial charge in [-0.1, -0.05) is 18.9 Å². The summed E-state index contributed by atoms with van der Waals surface area (Å²) < 4.78 is 11.2. The molecular formula is C17H23N3O4. The summed E-state index contributed by atoms with van der Waals surface area (Å²) in [6, 6.07) is 5.84. The molecule has 1 fully saturated rings. The predicted molar refractivity (Wildman–Crippen MR) is 87.8 cm³/mol. The lowest BCUT2D eigenvalue weighted by Gasteiger charge is -2.32. The molecule has 1 aliphatic carbocycles. The first kappa shape index (κ1) is 16.6. The van der Waals surface area contributed by atoms with Gasteiger partial charge in [-0.2, -0.15) is 0 Å². The molecule has 24 heavy (non-hydrogen) atoms. The molecule has 0 unspecified atom stereocenters. The molecule has 0 atom stereocenters. The highest BCUT2D eigenvalue weighted by molar-refractivity contribution is 5.86. The van der Waals surface area contributed by atoms with E-state index in [0.29, 0.717) is 13.2 Å². The Morgan fingerprint density at radius 1 is 1.08 bits per heavy atom. The summed E-state index contributed by atoms with van der Waals surface area (Å²) in [5.41, 5.74) is 5.83. The lowest BCUT2D eigenvalue weighted by molar-refractivity contribution is -0.126. The smallest absolute Gasteiger partial charge is 0.240 e. The average molecular weight is 333 g/mol. The number of rotatable bonds is 5. The molecule has 2 amide bonds. The number of fused-ring (bicyclic) bond motifs is 1. The first-order valence-corrected chi connectivity index (χ1v) is 8.31. The fraction of sp³-hybridized carbons (Fsp3) is 0.529. The van der Waals surface area contributed by atoms with E-state index in [0.717, 1.165) is 42.7 Å². The quantitative estimate of drug-likeness (QED) is 0.725. The highest BCUT2D eigenvalue weighted by atomic mass is 16.6. The SMILES string of the molecule is NCC(=O)NCC(=O)NC1(c2ccc3c(c2)OCCO3)CCCC1. The van der Waals surface area contributed by atoms with Gasteiger partial charge in [-0.25, -0.2) is 0 Å². The van der Waals surface area contributed by atoms with Crippen molar-refractivity contribution in [3.63, 3.8) is 0 Å². The van der Waals surface area contributed by atoms with Crippen molar-refractivity contribution in [1.82, 2.24) is 10.6 Å². The Kier molecular flexibility index (Phi) is 4.89. The first-order valence-electron chi connectivity index (χ1n) is 8.31. The molecule has 7 heteroatoms. The summed E-state index contributed by atoms with van der Waals surface area (Å²) >= 11 is 0. The van der Waals surface area contributed by atoms with Crippen LogP contribution in [0.1, 0.15) is 31.2 Å². The van der Waals surface area contributed by atoms with Crippen LogP contribution in [0.15, 0.2) is 18.2 Å². The summed E-state index contributed by atoms with van der Waals surface area (Å²) in [4.78, 5) is 23.5. The molecule has 7 nitrogen and oxygen atoms in total. The van der Waals surface area contributed by atoms with Crippen molar-refractivity contribution >= 4 is 11.8 Å². The Morgan fingerprint density at radius 2 is 1.79 bits per heavy atom. The summed E-state index contributed by atoms with van der Waals surface area (Å²) in [5.74, 6) is 0.897. The first-order chi connectivity index (χ1) is 11.6. The minimum absolute atomic E-state index is 0.0671. The van der Waals surface area contributed by atoms with E-state index in [9.17, 15) is 9.59 Å². The zero-order valence-electron chi connectivity index (χ0n) is 13.6. The fourth-order valence-electron chi connectivity index (χ4n) is 3.37. The van der Waals surface area contributed by atoms with E-state index in [4.69, 9.17) is 15.2 Å². The summed E-state index contributed by atoms with van der Waals surface area (Å²) in [7, 11) is 0. The van der Waals surface area contributed by atoms with Gasteiger partial charge in [0.25, 0.3) is 0 Å². The zero-order valence-corrected chi connectivity index (χ0v) is 13.6. The average Bonchev–Trinajstić information content (AvgIpc) is 3.08. The standard InChI is InChI=1S/C17H23N3O4/c18-10-15(21)19-11-16(22)20-17(5-1-2-6-17)12-3-4-13-14(9-12)24-8-7-23-13/h3-4,9H,1-2,5-8,10-11,18H2,(H,19,21)(H,20,22). The third kappa shape index (κ3) is 3.46. The van der Waals surface area contributed by atoms with E-state index < -0.39 is 5.54 Å². The third-order valence-corrected chi connectivity index (χ3v) is 4.56. The van der Waals surface area contributed by atoms with Crippen LogP contribution in [0.25, 0.3) is 0 Å². The fourth-order valence-corrected chi connectivity index (χ4v) is 3.37. The van der Waals surface area contributed by atoms with Crippen molar-refractivity contribution in [3.8, 4) is 11.5 Å². The van der Waals surface area contributed by atoms with Crippen molar-refractivity contribution in [2.45, 2.75) is 31.2 Å². The van der Waals surface area contributed by atoms with Crippen LogP contribution in [0.3, 0.4) is 0 Å². The molecule has 1 aromatic carbocycles. The zero-order chi connectivity index (χ0) is 17.0. The van der Waals surface area contributed by atoms with E-state index in [-0.39, 0.29) is 24.9 Å². The lowest BCUT2D eigenvalue weighted by Crippen LogP contribution is -2.48. The van der Waals surface area contributed by atoms with Gasteiger partial charge in [0.1, 0.15) is 13.2 Å². The number of hydrogen-bond donors (Lipinski definition) is 3. The monoisotopic (exact) mass is 333 g/mol. The van der Waals surface area contributed by atoms with Crippen LogP contribution in [-0.4, -0.2) is 38.1 Å². The number of ether oxygens (including phenoxy) is 2. The molecule has 130 valence electrons. The van der Waals surface area contributed by atoms with Gasteiger partial charge < -0.3 is 25.8 Å². The molecule has 4 N–H and O–H groups in total. The van der Waals surface area contributed by atoms with Crippen LogP contribution >= 0.6 is 0 Å². The number of hydrogen-bond acceptors (Lipinski definition) is 5. The van der Waals surface area contributed by atoms with Gasteiger partial charge in [-0.05, 0) is 30.5 Å². The molecule has 3 rings (SSSR count). The maximum atomic E-state index is 12.3. The van der Waals surface area contributed by atoms with Crippen molar-refractivity contribution in [3.05, 3.63) is 23.8 Å². The maximum Gasteiger partial charge on any atom is 0.240 e. The van der Waals surface area contributed by atoms with Crippen LogP contribution < -0.4 is 25.8 Å². The normalized spacial score (nSPS) is 18.0. The largest absolute Gasteiger partial charge is 0.486 e. The number of carbonyl (C=O) groups excluding carboxylic acids is 2. The third-order valence-electron chi connectivity index (χ3n) is 4.56. The number of nitrogens with two attached hydrogens (primary N) is 1. The van der Waals surface area contributed by atoms with Crippen molar-refractivity contribution in [1.29, 1.82) is 0 Å². The Hall–Kier alpha value is -2.28. The second-order valence-corrected chi connectivity index (χ2v) is 6.18. The van der Waals surface area contributed by atoms with Crippen LogP contribution in [0.4, 0.5) is 0 Å². The molecular weight excluding hydrogens is 310 g/mol. The van der Waals surface area contributed by atoms with Crippen molar-refractivity contribution < 1.29 is 19.1 Å². The minimum Gasteiger partial charge on any atom is -0.486 e. The number of nitrogens with one attached hydrogen (secondary N) is 2. The predicted octanol–water partition coefficient (Wildman–Crippen LogP) is 0.418. The molecule has 1 saturated carbocycles. The Balaban J connectivity index is 1.76. The molecule has 2 aliphatic rings. The highest BCUT2D eigenvalue weighted by Crippen LogP contribution is 2.42. The van der Waals surface area contributed by atoms with Crippen LogP contribution in [0, 0.1) is 0 Å². The van der Waals surface area contributed by atoms with Gasteiger partial charge in [-0.3, -0.25) is 9.59 Å². The van der Waals surface area contributed by atoms with E-state index in [1.807, 2.05) is 18.2 Å². The van der Waals surface area contributed by atoms with E-state index in [1.54, 1.807) is 0 Å². The van der Waals surface area contributed by atoms with Gasteiger partial charge in [0.05, 0.1) is 18.6 Å². The van der Waals surface area contributed by atoms with Gasteiger partial charge in [0.2, 0.25) is 11.8 Å². The Morgan fingerprint density at radius 3 is 2.50 bits per heavy atom.